The second kappa shape index (κ2) is 1.58. The number of aryl methyl sites for hydroxylation is 1. The molecule has 2 nitrogen and oxygen atoms in total. The van der Waals surface area contributed by atoms with E-state index in [-0.39, 0.29) is 5.54 Å². The van der Waals surface area contributed by atoms with Gasteiger partial charge in [-0.2, -0.15) is 0 Å². The molecule has 2 bridgehead atoms. The molecular weight excluding hydrogens is 155 g/mol. The van der Waals surface area contributed by atoms with Crippen LogP contribution in [0.2, 0.25) is 0 Å². The van der Waals surface area contributed by atoms with Gasteiger partial charge in [-0.15, -0.1) is 0 Å². The molecule has 0 amide bonds. The van der Waals surface area contributed by atoms with Crippen LogP contribution in [0.5, 0.6) is 0 Å². The summed E-state index contributed by atoms with van der Waals surface area (Å²) >= 11 is 0. The minimum absolute atomic E-state index is 0.121. The third-order valence-corrected chi connectivity index (χ3v) is 3.20. The maximum atomic E-state index is 13.2. The van der Waals surface area contributed by atoms with Gasteiger partial charge in [0.25, 0.3) is 0 Å². The molecule has 12 heavy (non-hydrogen) atoms. The highest BCUT2D eigenvalue weighted by Crippen LogP contribution is 2.67. The second-order valence-electron chi connectivity index (χ2n) is 4.33. The van der Waals surface area contributed by atoms with Crippen LogP contribution in [0.15, 0.2) is 12.5 Å². The number of halogens is 1. The van der Waals surface area contributed by atoms with E-state index in [1.165, 1.54) is 0 Å². The summed E-state index contributed by atoms with van der Waals surface area (Å²) in [5, 5.41) is 0. The van der Waals surface area contributed by atoms with Gasteiger partial charge in [0.15, 0.2) is 0 Å². The van der Waals surface area contributed by atoms with Crippen molar-refractivity contribution in [2.45, 2.75) is 37.4 Å². The largest absolute Gasteiger partial charge is 0.331 e. The molecule has 4 rings (SSSR count). The van der Waals surface area contributed by atoms with Crippen LogP contribution in [0.1, 0.15) is 25.0 Å². The molecular formula is C9H11FN2. The lowest BCUT2D eigenvalue weighted by Crippen LogP contribution is -2.69. The van der Waals surface area contributed by atoms with Crippen molar-refractivity contribution >= 4 is 0 Å². The summed E-state index contributed by atoms with van der Waals surface area (Å²) in [4.78, 5) is 4.15. The Bertz CT molecular complexity index is 322. The number of rotatable bonds is 1. The second-order valence-corrected chi connectivity index (χ2v) is 4.33. The number of alkyl halides is 1. The summed E-state index contributed by atoms with van der Waals surface area (Å²) in [5.41, 5.74) is 0.335. The smallest absolute Gasteiger partial charge is 0.117 e. The van der Waals surface area contributed by atoms with E-state index in [2.05, 4.69) is 9.55 Å². The minimum atomic E-state index is -0.807. The fourth-order valence-corrected chi connectivity index (χ4v) is 2.57. The van der Waals surface area contributed by atoms with E-state index in [9.17, 15) is 4.39 Å². The number of imidazole rings is 1. The minimum Gasteiger partial charge on any atom is -0.331 e. The Morgan fingerprint density at radius 3 is 2.58 bits per heavy atom. The highest BCUT2D eigenvalue weighted by atomic mass is 19.1. The van der Waals surface area contributed by atoms with E-state index in [4.69, 9.17) is 0 Å². The summed E-state index contributed by atoms with van der Waals surface area (Å²) in [7, 11) is 0. The van der Waals surface area contributed by atoms with Gasteiger partial charge in [0, 0.05) is 25.5 Å². The third-order valence-electron chi connectivity index (χ3n) is 3.20. The molecule has 64 valence electrons. The Morgan fingerprint density at radius 1 is 1.50 bits per heavy atom. The lowest BCUT2D eigenvalue weighted by Gasteiger charge is -2.66. The van der Waals surface area contributed by atoms with Crippen molar-refractivity contribution in [1.29, 1.82) is 0 Å². The molecule has 3 aliphatic carbocycles. The highest BCUT2D eigenvalue weighted by Gasteiger charge is 2.70. The van der Waals surface area contributed by atoms with Crippen molar-refractivity contribution in [1.82, 2.24) is 9.55 Å². The van der Waals surface area contributed by atoms with Crippen molar-refractivity contribution in [2.24, 2.45) is 0 Å². The van der Waals surface area contributed by atoms with Gasteiger partial charge < -0.3 is 4.57 Å². The molecule has 3 saturated carbocycles. The third kappa shape index (κ3) is 0.586. The van der Waals surface area contributed by atoms with Crippen LogP contribution in [0.3, 0.4) is 0 Å². The Labute approximate surface area is 70.4 Å². The van der Waals surface area contributed by atoms with Crippen molar-refractivity contribution in [3.63, 3.8) is 0 Å². The van der Waals surface area contributed by atoms with Crippen LogP contribution < -0.4 is 0 Å². The van der Waals surface area contributed by atoms with Gasteiger partial charge in [-0.05, 0) is 6.92 Å². The van der Waals surface area contributed by atoms with Gasteiger partial charge in [0.05, 0.1) is 17.6 Å². The highest BCUT2D eigenvalue weighted by molar-refractivity contribution is 5.23. The lowest BCUT2D eigenvalue weighted by molar-refractivity contribution is -0.198. The predicted octanol–water partition coefficient (Wildman–Crippen LogP) is 1.79. The van der Waals surface area contributed by atoms with Crippen molar-refractivity contribution in [3.05, 3.63) is 18.2 Å². The first kappa shape index (κ1) is 6.63. The molecule has 3 aliphatic rings. The molecule has 1 heterocycles. The summed E-state index contributed by atoms with van der Waals surface area (Å²) in [6, 6.07) is 0. The maximum Gasteiger partial charge on any atom is 0.117 e. The normalized spacial score (nSPS) is 43.5. The fourth-order valence-electron chi connectivity index (χ4n) is 2.57. The van der Waals surface area contributed by atoms with E-state index in [0.717, 1.165) is 5.69 Å². The van der Waals surface area contributed by atoms with Crippen LogP contribution >= 0.6 is 0 Å². The Kier molecular flexibility index (Phi) is 0.875. The Balaban J connectivity index is 1.93. The summed E-state index contributed by atoms with van der Waals surface area (Å²) < 4.78 is 15.3. The molecule has 0 saturated heterocycles. The average Bonchev–Trinajstić information content (AvgIpc) is 2.26. The molecule has 0 N–H and O–H groups in total. The molecule has 0 spiro atoms. The number of hydrogen-bond acceptors (Lipinski definition) is 1. The first-order valence-corrected chi connectivity index (χ1v) is 4.32. The predicted molar refractivity (Wildman–Crippen MR) is 42.6 cm³/mol. The lowest BCUT2D eigenvalue weighted by atomic mass is 9.47. The van der Waals surface area contributed by atoms with Crippen molar-refractivity contribution < 1.29 is 4.39 Å². The molecule has 1 aromatic heterocycles. The molecule has 1 aromatic rings. The van der Waals surface area contributed by atoms with Crippen LogP contribution in [0, 0.1) is 6.92 Å². The topological polar surface area (TPSA) is 17.8 Å². The van der Waals surface area contributed by atoms with Crippen molar-refractivity contribution in [2.75, 3.05) is 0 Å². The van der Waals surface area contributed by atoms with Crippen molar-refractivity contribution in [3.8, 4) is 0 Å². The zero-order valence-electron chi connectivity index (χ0n) is 7.05. The zero-order chi connectivity index (χ0) is 8.40. The van der Waals surface area contributed by atoms with Crippen LogP contribution in [0.25, 0.3) is 0 Å². The number of nitrogens with zero attached hydrogens (tertiary/aromatic N) is 2. The van der Waals surface area contributed by atoms with E-state index >= 15 is 0 Å². The SMILES string of the molecule is Cc1cn(C23CC(F)(C2)C3)cn1. The zero-order valence-corrected chi connectivity index (χ0v) is 7.05. The van der Waals surface area contributed by atoms with E-state index in [0.29, 0.717) is 19.3 Å². The molecule has 0 unspecified atom stereocenters. The molecule has 3 heteroatoms. The van der Waals surface area contributed by atoms with Gasteiger partial charge in [0.2, 0.25) is 0 Å². The van der Waals surface area contributed by atoms with E-state index in [1.54, 1.807) is 0 Å². The molecule has 3 fully saturated rings. The van der Waals surface area contributed by atoms with Gasteiger partial charge in [-0.3, -0.25) is 0 Å². The summed E-state index contributed by atoms with van der Waals surface area (Å²) in [6.07, 6.45) is 5.95. The number of aromatic nitrogens is 2. The van der Waals surface area contributed by atoms with Gasteiger partial charge in [-0.25, -0.2) is 9.37 Å². The van der Waals surface area contributed by atoms with Gasteiger partial charge in [0.1, 0.15) is 5.67 Å². The monoisotopic (exact) mass is 166 g/mol. The molecule has 0 radical (unpaired) electrons. The van der Waals surface area contributed by atoms with Crippen LogP contribution in [-0.2, 0) is 5.54 Å². The fraction of sp³-hybridized carbons (Fsp3) is 0.667. The number of hydrogen-bond donors (Lipinski definition) is 0. The van der Waals surface area contributed by atoms with Crippen LogP contribution in [0.4, 0.5) is 4.39 Å². The first-order chi connectivity index (χ1) is 5.62. The summed E-state index contributed by atoms with van der Waals surface area (Å²) in [5.74, 6) is 0. The maximum absolute atomic E-state index is 13.2. The first-order valence-electron chi connectivity index (χ1n) is 4.32. The van der Waals surface area contributed by atoms with Gasteiger partial charge >= 0.3 is 0 Å². The van der Waals surface area contributed by atoms with E-state index in [1.807, 2.05) is 19.4 Å². The average molecular weight is 166 g/mol. The quantitative estimate of drug-likeness (QED) is 0.622. The van der Waals surface area contributed by atoms with Gasteiger partial charge in [-0.1, -0.05) is 0 Å². The molecule has 0 aromatic carbocycles. The summed E-state index contributed by atoms with van der Waals surface area (Å²) in [6.45, 7) is 1.97. The molecule has 0 atom stereocenters. The van der Waals surface area contributed by atoms with Crippen LogP contribution in [-0.4, -0.2) is 15.2 Å². The molecule has 0 aliphatic heterocycles. The Hall–Kier alpha value is -0.860. The standard InChI is InChI=1S/C9H11FN2/c1-7-2-12(6-11-7)9-3-8(10,4-9)5-9/h2,6H,3-5H2,1H3. The van der Waals surface area contributed by atoms with E-state index < -0.39 is 5.67 Å². The Morgan fingerprint density at radius 2 is 2.17 bits per heavy atom.